The van der Waals surface area contributed by atoms with Crippen LogP contribution in [0.1, 0.15) is 45.4 Å². The topological polar surface area (TPSA) is 99.4 Å². The second kappa shape index (κ2) is 9.65. The van der Waals surface area contributed by atoms with Gasteiger partial charge in [-0.05, 0) is 6.42 Å². The molecule has 1 heterocycles. The first-order valence-corrected chi connectivity index (χ1v) is 7.54. The molecule has 1 saturated heterocycles. The Bertz CT molecular complexity index is 248. The summed E-state index contributed by atoms with van der Waals surface area (Å²) < 4.78 is 10.6. The standard InChI is InChI=1S/C14H28O6/c1-2-3-4-5-6-7-8-19-14-13(18)12(17)11(16)10(9-15)20-14/h10-18H,2-9H2,1H3/t10-,11+,12+,13-,14-/m0/s1. The SMILES string of the molecule is CCCCCCCCO[C@H]1O[C@@H](CO)[C@@H](O)[C@@H](O)[C@@H]1O. The van der Waals surface area contributed by atoms with Crippen molar-refractivity contribution >= 4 is 0 Å². The fourth-order valence-corrected chi connectivity index (χ4v) is 2.29. The fraction of sp³-hybridized carbons (Fsp3) is 1.00. The lowest BCUT2D eigenvalue weighted by Crippen LogP contribution is -2.59. The van der Waals surface area contributed by atoms with E-state index in [2.05, 4.69) is 6.92 Å². The van der Waals surface area contributed by atoms with E-state index in [1.54, 1.807) is 0 Å². The highest BCUT2D eigenvalue weighted by atomic mass is 16.7. The molecule has 4 N–H and O–H groups in total. The lowest BCUT2D eigenvalue weighted by molar-refractivity contribution is -0.301. The molecule has 0 amide bonds. The van der Waals surface area contributed by atoms with Crippen molar-refractivity contribution in [3.63, 3.8) is 0 Å². The number of aliphatic hydroxyl groups excluding tert-OH is 4. The van der Waals surface area contributed by atoms with E-state index in [9.17, 15) is 15.3 Å². The minimum absolute atomic E-state index is 0.425. The molecule has 1 aliphatic rings. The molecular formula is C14H28O6. The van der Waals surface area contributed by atoms with Gasteiger partial charge in [-0.1, -0.05) is 39.0 Å². The maximum atomic E-state index is 9.75. The van der Waals surface area contributed by atoms with Gasteiger partial charge >= 0.3 is 0 Å². The first kappa shape index (κ1) is 17.8. The predicted octanol–water partition coefficient (Wildman–Crippen LogP) is 0.163. The molecule has 0 saturated carbocycles. The van der Waals surface area contributed by atoms with Crippen LogP contribution in [-0.4, -0.2) is 64.3 Å². The number of hydrogen-bond acceptors (Lipinski definition) is 6. The van der Waals surface area contributed by atoms with Crippen molar-refractivity contribution in [2.24, 2.45) is 0 Å². The molecule has 6 nitrogen and oxygen atoms in total. The highest BCUT2D eigenvalue weighted by Gasteiger charge is 2.43. The van der Waals surface area contributed by atoms with Gasteiger partial charge in [0.25, 0.3) is 0 Å². The van der Waals surface area contributed by atoms with Crippen LogP contribution in [0.3, 0.4) is 0 Å². The minimum atomic E-state index is -1.37. The molecule has 5 atom stereocenters. The maximum absolute atomic E-state index is 9.75. The van der Waals surface area contributed by atoms with Crippen LogP contribution in [0.25, 0.3) is 0 Å². The van der Waals surface area contributed by atoms with Crippen molar-refractivity contribution in [2.45, 2.75) is 76.2 Å². The third-order valence-electron chi connectivity index (χ3n) is 3.63. The summed E-state index contributed by atoms with van der Waals surface area (Å²) in [6, 6.07) is 0. The molecule has 6 heteroatoms. The van der Waals surface area contributed by atoms with E-state index in [-0.39, 0.29) is 0 Å². The average Bonchev–Trinajstić information content (AvgIpc) is 2.46. The van der Waals surface area contributed by atoms with Gasteiger partial charge in [-0.2, -0.15) is 0 Å². The summed E-state index contributed by atoms with van der Waals surface area (Å²) in [5.74, 6) is 0. The Balaban J connectivity index is 2.21. The van der Waals surface area contributed by atoms with E-state index in [0.29, 0.717) is 6.61 Å². The lowest BCUT2D eigenvalue weighted by Gasteiger charge is -2.39. The smallest absolute Gasteiger partial charge is 0.186 e. The molecular weight excluding hydrogens is 264 g/mol. The minimum Gasteiger partial charge on any atom is -0.394 e. The molecule has 0 radical (unpaired) electrons. The monoisotopic (exact) mass is 292 g/mol. The van der Waals surface area contributed by atoms with Crippen molar-refractivity contribution in [1.29, 1.82) is 0 Å². The van der Waals surface area contributed by atoms with Gasteiger partial charge in [0, 0.05) is 6.61 Å². The number of aliphatic hydroxyl groups is 4. The van der Waals surface area contributed by atoms with Gasteiger partial charge in [0.1, 0.15) is 24.4 Å². The van der Waals surface area contributed by atoms with Crippen LogP contribution in [0.5, 0.6) is 0 Å². The third kappa shape index (κ3) is 5.27. The van der Waals surface area contributed by atoms with Crippen LogP contribution in [-0.2, 0) is 9.47 Å². The van der Waals surface area contributed by atoms with Crippen molar-refractivity contribution in [3.8, 4) is 0 Å². The Morgan fingerprint density at radius 1 is 0.900 bits per heavy atom. The molecule has 0 bridgehead atoms. The van der Waals surface area contributed by atoms with Gasteiger partial charge < -0.3 is 29.9 Å². The van der Waals surface area contributed by atoms with Crippen molar-refractivity contribution < 1.29 is 29.9 Å². The number of rotatable bonds is 9. The summed E-state index contributed by atoms with van der Waals surface area (Å²) in [6.07, 6.45) is 0.851. The van der Waals surface area contributed by atoms with Crippen LogP contribution >= 0.6 is 0 Å². The van der Waals surface area contributed by atoms with Gasteiger partial charge in [-0.3, -0.25) is 0 Å². The van der Waals surface area contributed by atoms with Gasteiger partial charge in [0.05, 0.1) is 6.61 Å². The molecule has 0 aromatic carbocycles. The van der Waals surface area contributed by atoms with E-state index in [4.69, 9.17) is 14.6 Å². The molecule has 0 spiro atoms. The van der Waals surface area contributed by atoms with Crippen molar-refractivity contribution in [3.05, 3.63) is 0 Å². The van der Waals surface area contributed by atoms with Crippen molar-refractivity contribution in [1.82, 2.24) is 0 Å². The zero-order chi connectivity index (χ0) is 15.0. The molecule has 0 aromatic heterocycles. The van der Waals surface area contributed by atoms with Crippen molar-refractivity contribution in [2.75, 3.05) is 13.2 Å². The second-order valence-electron chi connectivity index (χ2n) is 5.34. The van der Waals surface area contributed by atoms with E-state index in [1.165, 1.54) is 19.3 Å². The molecule has 120 valence electrons. The average molecular weight is 292 g/mol. The zero-order valence-electron chi connectivity index (χ0n) is 12.1. The summed E-state index contributed by atoms with van der Waals surface area (Å²) in [7, 11) is 0. The number of unbranched alkanes of at least 4 members (excludes halogenated alkanes) is 5. The molecule has 20 heavy (non-hydrogen) atoms. The van der Waals surface area contributed by atoms with E-state index < -0.39 is 37.3 Å². The van der Waals surface area contributed by atoms with Crippen LogP contribution in [0.2, 0.25) is 0 Å². The summed E-state index contributed by atoms with van der Waals surface area (Å²) in [6.45, 7) is 2.17. The summed E-state index contributed by atoms with van der Waals surface area (Å²) >= 11 is 0. The zero-order valence-corrected chi connectivity index (χ0v) is 12.1. The van der Waals surface area contributed by atoms with Crippen LogP contribution in [0, 0.1) is 0 Å². The van der Waals surface area contributed by atoms with Crippen LogP contribution in [0.15, 0.2) is 0 Å². The molecule has 1 rings (SSSR count). The van der Waals surface area contributed by atoms with Gasteiger partial charge in [-0.15, -0.1) is 0 Å². The Kier molecular flexibility index (Phi) is 8.60. The van der Waals surface area contributed by atoms with Gasteiger partial charge in [-0.25, -0.2) is 0 Å². The van der Waals surface area contributed by atoms with E-state index in [1.807, 2.05) is 0 Å². The number of ether oxygens (including phenoxy) is 2. The van der Waals surface area contributed by atoms with Crippen LogP contribution < -0.4 is 0 Å². The predicted molar refractivity (Wildman–Crippen MR) is 73.1 cm³/mol. The largest absolute Gasteiger partial charge is 0.394 e. The highest BCUT2D eigenvalue weighted by molar-refractivity contribution is 4.88. The summed E-state index contributed by atoms with van der Waals surface area (Å²) in [4.78, 5) is 0. The first-order valence-electron chi connectivity index (χ1n) is 7.54. The Labute approximate surface area is 120 Å². The normalized spacial score (nSPS) is 34.4. The fourth-order valence-electron chi connectivity index (χ4n) is 2.29. The van der Waals surface area contributed by atoms with Crippen LogP contribution in [0.4, 0.5) is 0 Å². The third-order valence-corrected chi connectivity index (χ3v) is 3.63. The Morgan fingerprint density at radius 2 is 1.55 bits per heavy atom. The Morgan fingerprint density at radius 3 is 2.20 bits per heavy atom. The van der Waals surface area contributed by atoms with Gasteiger partial charge in [0.15, 0.2) is 6.29 Å². The quantitative estimate of drug-likeness (QED) is 0.452. The second-order valence-corrected chi connectivity index (χ2v) is 5.34. The molecule has 0 aliphatic carbocycles. The molecule has 1 fully saturated rings. The lowest BCUT2D eigenvalue weighted by atomic mass is 9.99. The highest BCUT2D eigenvalue weighted by Crippen LogP contribution is 2.22. The summed E-state index contributed by atoms with van der Waals surface area (Å²) in [5.41, 5.74) is 0. The molecule has 0 aromatic rings. The maximum Gasteiger partial charge on any atom is 0.186 e. The number of hydrogen-bond donors (Lipinski definition) is 4. The Hall–Kier alpha value is -0.240. The summed E-state index contributed by atoms with van der Waals surface area (Å²) in [5, 5.41) is 38.0. The first-order chi connectivity index (χ1) is 9.61. The van der Waals surface area contributed by atoms with Gasteiger partial charge in [0.2, 0.25) is 0 Å². The molecule has 1 aliphatic heterocycles. The molecule has 0 unspecified atom stereocenters. The van der Waals surface area contributed by atoms with E-state index in [0.717, 1.165) is 19.3 Å². The van der Waals surface area contributed by atoms with E-state index >= 15 is 0 Å².